The van der Waals surface area contributed by atoms with E-state index in [9.17, 15) is 4.39 Å². The van der Waals surface area contributed by atoms with E-state index in [0.717, 1.165) is 10.2 Å². The molecule has 20 heavy (non-hydrogen) atoms. The molecule has 7 heteroatoms. The fourth-order valence-corrected chi connectivity index (χ4v) is 3.64. The monoisotopic (exact) mass is 390 g/mol. The van der Waals surface area contributed by atoms with Gasteiger partial charge in [-0.05, 0) is 46.3 Å². The highest BCUT2D eigenvalue weighted by atomic mass is 79.9. The fourth-order valence-electron chi connectivity index (χ4n) is 1.72. The first-order valence-electron chi connectivity index (χ1n) is 5.50. The molecule has 0 amide bonds. The van der Waals surface area contributed by atoms with Crippen LogP contribution in [0, 0.1) is 5.82 Å². The lowest BCUT2D eigenvalue weighted by molar-refractivity contribution is 0.627. The van der Waals surface area contributed by atoms with E-state index in [1.807, 2.05) is 12.1 Å². The Balaban J connectivity index is 2.01. The van der Waals surface area contributed by atoms with Crippen LogP contribution in [0.5, 0.6) is 0 Å². The summed E-state index contributed by atoms with van der Waals surface area (Å²) in [4.78, 5) is 4.42. The van der Waals surface area contributed by atoms with E-state index in [0.29, 0.717) is 20.3 Å². The number of halogens is 4. The molecule has 0 spiro atoms. The molecule has 1 N–H and O–H groups in total. The molecule has 2 nitrogen and oxygen atoms in total. The van der Waals surface area contributed by atoms with Gasteiger partial charge in [-0.3, -0.25) is 0 Å². The zero-order chi connectivity index (χ0) is 14.3. The van der Waals surface area contributed by atoms with Crippen LogP contribution in [0.15, 0.2) is 34.8 Å². The standard InChI is InChI=1S/C13H6BrCl2FN2S/c14-8-4-7(17)5-9(16)12(8)19-13-18-10-3-6(15)1-2-11(10)20-13/h1-5H,(H,18,19). The molecule has 0 saturated carbocycles. The first-order chi connectivity index (χ1) is 9.52. The van der Waals surface area contributed by atoms with Crippen LogP contribution in [0.4, 0.5) is 15.2 Å². The summed E-state index contributed by atoms with van der Waals surface area (Å²) in [5.41, 5.74) is 1.39. The quantitative estimate of drug-likeness (QED) is 0.558. The van der Waals surface area contributed by atoms with Crippen molar-refractivity contribution < 1.29 is 4.39 Å². The van der Waals surface area contributed by atoms with Crippen LogP contribution < -0.4 is 5.32 Å². The number of fused-ring (bicyclic) bond motifs is 1. The second kappa shape index (κ2) is 5.48. The van der Waals surface area contributed by atoms with Crippen LogP contribution in [0.25, 0.3) is 10.2 Å². The molecule has 0 unspecified atom stereocenters. The average molecular weight is 392 g/mol. The Morgan fingerprint density at radius 3 is 2.75 bits per heavy atom. The second-order valence-electron chi connectivity index (χ2n) is 4.00. The van der Waals surface area contributed by atoms with E-state index in [4.69, 9.17) is 23.2 Å². The number of benzene rings is 2. The van der Waals surface area contributed by atoms with Crippen molar-refractivity contribution in [1.29, 1.82) is 0 Å². The Labute approximate surface area is 136 Å². The summed E-state index contributed by atoms with van der Waals surface area (Å²) in [6, 6.07) is 8.10. The average Bonchev–Trinajstić information content (AvgIpc) is 2.75. The van der Waals surface area contributed by atoms with E-state index >= 15 is 0 Å². The van der Waals surface area contributed by atoms with Gasteiger partial charge in [0.1, 0.15) is 5.82 Å². The van der Waals surface area contributed by atoms with Crippen molar-refractivity contribution in [2.45, 2.75) is 0 Å². The Hall–Kier alpha value is -0.880. The number of aromatic nitrogens is 1. The van der Waals surface area contributed by atoms with Gasteiger partial charge in [-0.25, -0.2) is 9.37 Å². The first-order valence-corrected chi connectivity index (χ1v) is 7.87. The highest BCUT2D eigenvalue weighted by Gasteiger charge is 2.11. The minimum absolute atomic E-state index is 0.286. The predicted molar refractivity (Wildman–Crippen MR) is 87.0 cm³/mol. The molecule has 1 aromatic heterocycles. The van der Waals surface area contributed by atoms with Gasteiger partial charge in [-0.15, -0.1) is 0 Å². The number of hydrogen-bond acceptors (Lipinski definition) is 3. The second-order valence-corrected chi connectivity index (χ2v) is 6.73. The lowest BCUT2D eigenvalue weighted by Gasteiger charge is -2.07. The fraction of sp³-hybridized carbons (Fsp3) is 0. The molecule has 2 aromatic carbocycles. The Morgan fingerprint density at radius 2 is 2.00 bits per heavy atom. The van der Waals surface area contributed by atoms with E-state index in [1.165, 1.54) is 23.5 Å². The normalized spacial score (nSPS) is 11.0. The largest absolute Gasteiger partial charge is 0.329 e. The number of anilines is 2. The van der Waals surface area contributed by atoms with Gasteiger partial charge < -0.3 is 5.32 Å². The molecule has 0 aliphatic rings. The number of nitrogens with zero attached hydrogens (tertiary/aromatic N) is 1. The van der Waals surface area contributed by atoms with Crippen molar-refractivity contribution in [3.05, 3.63) is 50.7 Å². The van der Waals surface area contributed by atoms with Crippen molar-refractivity contribution in [3.8, 4) is 0 Å². The topological polar surface area (TPSA) is 24.9 Å². The third-order valence-electron chi connectivity index (χ3n) is 2.59. The lowest BCUT2D eigenvalue weighted by atomic mass is 10.3. The number of hydrogen-bond donors (Lipinski definition) is 1. The van der Waals surface area contributed by atoms with Gasteiger partial charge in [0.15, 0.2) is 5.13 Å². The maximum Gasteiger partial charge on any atom is 0.188 e. The van der Waals surface area contributed by atoms with Crippen molar-refractivity contribution >= 4 is 71.5 Å². The molecule has 0 fully saturated rings. The minimum Gasteiger partial charge on any atom is -0.329 e. The highest BCUT2D eigenvalue weighted by molar-refractivity contribution is 9.10. The van der Waals surface area contributed by atoms with E-state index in [2.05, 4.69) is 26.2 Å². The smallest absolute Gasteiger partial charge is 0.188 e. The third-order valence-corrected chi connectivity index (χ3v) is 4.70. The molecule has 0 aliphatic heterocycles. The predicted octanol–water partition coefficient (Wildman–Crippen LogP) is 6.25. The molecule has 0 radical (unpaired) electrons. The number of nitrogens with one attached hydrogen (secondary N) is 1. The van der Waals surface area contributed by atoms with Crippen LogP contribution in [-0.2, 0) is 0 Å². The van der Waals surface area contributed by atoms with Crippen molar-refractivity contribution in [2.75, 3.05) is 5.32 Å². The van der Waals surface area contributed by atoms with Gasteiger partial charge in [0.05, 0.1) is 20.9 Å². The van der Waals surface area contributed by atoms with Crippen molar-refractivity contribution in [2.24, 2.45) is 0 Å². The molecule has 0 atom stereocenters. The molecular formula is C13H6BrCl2FN2S. The van der Waals surface area contributed by atoms with E-state index in [1.54, 1.807) is 6.07 Å². The van der Waals surface area contributed by atoms with Gasteiger partial charge >= 0.3 is 0 Å². The molecule has 3 rings (SSSR count). The lowest BCUT2D eigenvalue weighted by Crippen LogP contribution is -1.92. The third kappa shape index (κ3) is 2.76. The van der Waals surface area contributed by atoms with Gasteiger partial charge in [0.25, 0.3) is 0 Å². The molecule has 1 heterocycles. The number of rotatable bonds is 2. The SMILES string of the molecule is Fc1cc(Cl)c(Nc2nc3cc(Cl)ccc3s2)c(Br)c1. The van der Waals surface area contributed by atoms with Crippen molar-refractivity contribution in [3.63, 3.8) is 0 Å². The Bertz CT molecular complexity index is 783. The molecular weight excluding hydrogens is 386 g/mol. The molecule has 0 bridgehead atoms. The summed E-state index contributed by atoms with van der Waals surface area (Å²) in [5.74, 6) is -0.400. The summed E-state index contributed by atoms with van der Waals surface area (Å²) in [6.07, 6.45) is 0. The van der Waals surface area contributed by atoms with Gasteiger partial charge in [0.2, 0.25) is 0 Å². The van der Waals surface area contributed by atoms with Gasteiger partial charge in [-0.2, -0.15) is 0 Å². The van der Waals surface area contributed by atoms with E-state index < -0.39 is 5.82 Å². The van der Waals surface area contributed by atoms with Crippen LogP contribution in [0.3, 0.4) is 0 Å². The maximum atomic E-state index is 13.2. The zero-order valence-corrected chi connectivity index (χ0v) is 13.7. The molecule has 0 aliphatic carbocycles. The summed E-state index contributed by atoms with van der Waals surface area (Å²) < 4.78 is 14.7. The summed E-state index contributed by atoms with van der Waals surface area (Å²) in [5, 5.41) is 4.68. The Kier molecular flexibility index (Phi) is 3.86. The highest BCUT2D eigenvalue weighted by Crippen LogP contribution is 2.36. The minimum atomic E-state index is -0.400. The van der Waals surface area contributed by atoms with Crippen molar-refractivity contribution in [1.82, 2.24) is 4.98 Å². The van der Waals surface area contributed by atoms with E-state index in [-0.39, 0.29) is 5.02 Å². The Morgan fingerprint density at radius 1 is 1.20 bits per heavy atom. The van der Waals surface area contributed by atoms with Gasteiger partial charge in [0, 0.05) is 9.50 Å². The zero-order valence-electron chi connectivity index (χ0n) is 9.75. The van der Waals surface area contributed by atoms with Crippen LogP contribution in [0.1, 0.15) is 0 Å². The molecule has 102 valence electrons. The van der Waals surface area contributed by atoms with Gasteiger partial charge in [-0.1, -0.05) is 34.5 Å². The van der Waals surface area contributed by atoms with Crippen LogP contribution >= 0.6 is 50.5 Å². The van der Waals surface area contributed by atoms with Crippen LogP contribution in [0.2, 0.25) is 10.0 Å². The van der Waals surface area contributed by atoms with Crippen LogP contribution in [-0.4, -0.2) is 4.98 Å². The summed E-state index contributed by atoms with van der Waals surface area (Å²) >= 11 is 16.7. The summed E-state index contributed by atoms with van der Waals surface area (Å²) in [6.45, 7) is 0. The molecule has 0 saturated heterocycles. The molecule has 3 aromatic rings. The summed E-state index contributed by atoms with van der Waals surface area (Å²) in [7, 11) is 0. The maximum absolute atomic E-state index is 13.2. The number of thiazole rings is 1. The first kappa shape index (κ1) is 14.1.